The molecular formula is C18H17N3O3. The van der Waals surface area contributed by atoms with Crippen LogP contribution in [-0.4, -0.2) is 40.7 Å². The van der Waals surface area contributed by atoms with Gasteiger partial charge < -0.3 is 14.2 Å². The summed E-state index contributed by atoms with van der Waals surface area (Å²) in [5, 5.41) is 6.17. The molecule has 4 rings (SSSR count). The van der Waals surface area contributed by atoms with E-state index in [0.717, 1.165) is 10.9 Å². The molecule has 1 atom stereocenters. The maximum Gasteiger partial charge on any atom is 0.227 e. The van der Waals surface area contributed by atoms with E-state index in [0.29, 0.717) is 32.0 Å². The van der Waals surface area contributed by atoms with E-state index in [9.17, 15) is 4.79 Å². The van der Waals surface area contributed by atoms with Gasteiger partial charge in [0.25, 0.3) is 0 Å². The third kappa shape index (κ3) is 2.88. The van der Waals surface area contributed by atoms with Crippen LogP contribution < -0.4 is 0 Å². The van der Waals surface area contributed by atoms with Crippen molar-refractivity contribution < 1.29 is 14.1 Å². The quantitative estimate of drug-likeness (QED) is 0.740. The first kappa shape index (κ1) is 14.8. The molecule has 0 bridgehead atoms. The number of hydrogen-bond acceptors (Lipinski definition) is 5. The number of hydrogen-bond donors (Lipinski definition) is 0. The highest BCUT2D eigenvalue weighted by atomic mass is 16.5. The highest BCUT2D eigenvalue weighted by molar-refractivity contribution is 5.85. The highest BCUT2D eigenvalue weighted by Crippen LogP contribution is 2.23. The minimum absolute atomic E-state index is 0.0448. The van der Waals surface area contributed by atoms with Crippen molar-refractivity contribution in [2.45, 2.75) is 12.5 Å². The van der Waals surface area contributed by atoms with Crippen molar-refractivity contribution in [2.24, 2.45) is 0 Å². The molecule has 1 saturated heterocycles. The van der Waals surface area contributed by atoms with Gasteiger partial charge in [-0.05, 0) is 16.3 Å². The van der Waals surface area contributed by atoms with E-state index in [1.165, 1.54) is 11.8 Å². The lowest BCUT2D eigenvalue weighted by Crippen LogP contribution is -2.44. The number of ether oxygens (including phenoxy) is 1. The Kier molecular flexibility index (Phi) is 3.96. The summed E-state index contributed by atoms with van der Waals surface area (Å²) in [6.45, 7) is 1.45. The van der Waals surface area contributed by atoms with Crippen LogP contribution in [0.3, 0.4) is 0 Å². The van der Waals surface area contributed by atoms with Gasteiger partial charge in [0.1, 0.15) is 6.04 Å². The van der Waals surface area contributed by atoms with Gasteiger partial charge in [-0.2, -0.15) is 4.98 Å². The summed E-state index contributed by atoms with van der Waals surface area (Å²) in [6, 6.07) is 14.0. The number of amides is 1. The molecule has 1 amide bonds. The van der Waals surface area contributed by atoms with Crippen LogP contribution in [0.1, 0.15) is 17.4 Å². The Bertz CT molecular complexity index is 848. The lowest BCUT2D eigenvalue weighted by molar-refractivity contribution is -0.139. The molecule has 2 aromatic carbocycles. The van der Waals surface area contributed by atoms with Crippen LogP contribution in [0.25, 0.3) is 10.8 Å². The zero-order chi connectivity index (χ0) is 16.4. The van der Waals surface area contributed by atoms with Crippen LogP contribution in [-0.2, 0) is 16.0 Å². The fourth-order valence-corrected chi connectivity index (χ4v) is 3.07. The second-order valence-electron chi connectivity index (χ2n) is 5.83. The number of nitrogens with zero attached hydrogens (tertiary/aromatic N) is 3. The Hall–Kier alpha value is -2.73. The predicted octanol–water partition coefficient (Wildman–Crippen LogP) is 2.37. The minimum atomic E-state index is -0.287. The van der Waals surface area contributed by atoms with Crippen LogP contribution in [0.5, 0.6) is 0 Å². The number of carbonyl (C=O) groups is 1. The van der Waals surface area contributed by atoms with Gasteiger partial charge in [-0.15, -0.1) is 0 Å². The highest BCUT2D eigenvalue weighted by Gasteiger charge is 2.31. The lowest BCUT2D eigenvalue weighted by atomic mass is 10.0. The molecule has 0 saturated carbocycles. The monoisotopic (exact) mass is 323 g/mol. The Labute approximate surface area is 139 Å². The molecule has 1 aliphatic rings. The summed E-state index contributed by atoms with van der Waals surface area (Å²) < 4.78 is 10.3. The first-order valence-corrected chi connectivity index (χ1v) is 7.92. The number of morpholine rings is 1. The van der Waals surface area contributed by atoms with Crippen molar-refractivity contribution >= 4 is 16.7 Å². The van der Waals surface area contributed by atoms with E-state index in [2.05, 4.69) is 28.3 Å². The molecule has 0 radical (unpaired) electrons. The van der Waals surface area contributed by atoms with Crippen LogP contribution >= 0.6 is 0 Å². The summed E-state index contributed by atoms with van der Waals surface area (Å²) in [4.78, 5) is 18.6. The molecule has 1 aromatic heterocycles. The van der Waals surface area contributed by atoms with Crippen molar-refractivity contribution in [3.8, 4) is 0 Å². The van der Waals surface area contributed by atoms with Crippen molar-refractivity contribution in [3.05, 3.63) is 60.2 Å². The van der Waals surface area contributed by atoms with Crippen LogP contribution in [0.15, 0.2) is 53.4 Å². The number of carbonyl (C=O) groups excluding carboxylic acids is 1. The third-order valence-electron chi connectivity index (χ3n) is 4.29. The summed E-state index contributed by atoms with van der Waals surface area (Å²) >= 11 is 0. The van der Waals surface area contributed by atoms with E-state index in [1.54, 1.807) is 4.90 Å². The maximum absolute atomic E-state index is 12.8. The van der Waals surface area contributed by atoms with Crippen molar-refractivity contribution in [1.29, 1.82) is 0 Å². The van der Waals surface area contributed by atoms with E-state index >= 15 is 0 Å². The van der Waals surface area contributed by atoms with Crippen molar-refractivity contribution in [2.75, 3.05) is 19.8 Å². The Morgan fingerprint density at radius 2 is 2.08 bits per heavy atom. The number of benzene rings is 2. The molecule has 1 aliphatic heterocycles. The van der Waals surface area contributed by atoms with Gasteiger partial charge in [-0.3, -0.25) is 4.79 Å². The molecule has 122 valence electrons. The SMILES string of the molecule is O=C(Cc1ccc2ccccc2c1)N1CCOCC1c1ncon1. The molecule has 0 N–H and O–H groups in total. The number of rotatable bonds is 3. The zero-order valence-corrected chi connectivity index (χ0v) is 13.1. The Morgan fingerprint density at radius 1 is 1.21 bits per heavy atom. The fraction of sp³-hybridized carbons (Fsp3) is 0.278. The normalized spacial score (nSPS) is 18.0. The summed E-state index contributed by atoms with van der Waals surface area (Å²) in [5.74, 6) is 0.532. The van der Waals surface area contributed by atoms with Gasteiger partial charge in [-0.25, -0.2) is 0 Å². The van der Waals surface area contributed by atoms with Crippen LogP contribution in [0.4, 0.5) is 0 Å². The van der Waals surface area contributed by atoms with E-state index < -0.39 is 0 Å². The fourth-order valence-electron chi connectivity index (χ4n) is 3.07. The molecule has 3 aromatic rings. The minimum Gasteiger partial charge on any atom is -0.377 e. The van der Waals surface area contributed by atoms with Gasteiger partial charge in [0.15, 0.2) is 5.82 Å². The van der Waals surface area contributed by atoms with E-state index in [-0.39, 0.29) is 11.9 Å². The topological polar surface area (TPSA) is 68.5 Å². The number of aromatic nitrogens is 2. The maximum atomic E-state index is 12.8. The second kappa shape index (κ2) is 6.41. The Morgan fingerprint density at radius 3 is 2.92 bits per heavy atom. The Balaban J connectivity index is 1.55. The summed E-state index contributed by atoms with van der Waals surface area (Å²) in [6.07, 6.45) is 1.62. The average Bonchev–Trinajstić information content (AvgIpc) is 3.16. The second-order valence-corrected chi connectivity index (χ2v) is 5.83. The summed E-state index contributed by atoms with van der Waals surface area (Å²) in [7, 11) is 0. The van der Waals surface area contributed by atoms with Crippen molar-refractivity contribution in [1.82, 2.24) is 15.0 Å². The van der Waals surface area contributed by atoms with Crippen molar-refractivity contribution in [3.63, 3.8) is 0 Å². The molecule has 24 heavy (non-hydrogen) atoms. The molecular weight excluding hydrogens is 306 g/mol. The van der Waals surface area contributed by atoms with Gasteiger partial charge in [0.05, 0.1) is 19.6 Å². The zero-order valence-electron chi connectivity index (χ0n) is 13.1. The van der Waals surface area contributed by atoms with Crippen LogP contribution in [0.2, 0.25) is 0 Å². The van der Waals surface area contributed by atoms with E-state index in [1.807, 2.05) is 24.3 Å². The first-order valence-electron chi connectivity index (χ1n) is 7.92. The largest absolute Gasteiger partial charge is 0.377 e. The molecule has 1 unspecified atom stereocenters. The van der Waals surface area contributed by atoms with Gasteiger partial charge >= 0.3 is 0 Å². The molecule has 6 heteroatoms. The molecule has 0 spiro atoms. The average molecular weight is 323 g/mol. The molecule has 2 heterocycles. The lowest BCUT2D eigenvalue weighted by Gasteiger charge is -2.33. The molecule has 1 fully saturated rings. The summed E-state index contributed by atoms with van der Waals surface area (Å²) in [5.41, 5.74) is 0.997. The van der Waals surface area contributed by atoms with E-state index in [4.69, 9.17) is 9.26 Å². The van der Waals surface area contributed by atoms with Gasteiger partial charge in [-0.1, -0.05) is 47.6 Å². The molecule has 0 aliphatic carbocycles. The smallest absolute Gasteiger partial charge is 0.227 e. The van der Waals surface area contributed by atoms with Crippen LogP contribution in [0, 0.1) is 0 Å². The standard InChI is InChI=1S/C18H17N3O3/c22-17(10-13-5-6-14-3-1-2-4-15(14)9-13)21-7-8-23-11-16(21)18-19-12-24-20-18/h1-6,9,12,16H,7-8,10-11H2. The predicted molar refractivity (Wildman–Crippen MR) is 87.2 cm³/mol. The molecule has 6 nitrogen and oxygen atoms in total. The third-order valence-corrected chi connectivity index (χ3v) is 4.29. The van der Waals surface area contributed by atoms with Gasteiger partial charge in [0.2, 0.25) is 12.3 Å². The number of fused-ring (bicyclic) bond motifs is 1. The first-order chi connectivity index (χ1) is 11.8. The van der Waals surface area contributed by atoms with Gasteiger partial charge in [0, 0.05) is 6.54 Å².